The SMILES string of the molecule is C=CC(NC(=O)c1ccc(CN2CCN(c3ccccc3)C2=O)cc1)C1CCC(CC)C1. The first kappa shape index (κ1) is 22.1. The van der Waals surface area contributed by atoms with Crippen LogP contribution in [0.2, 0.25) is 0 Å². The Labute approximate surface area is 191 Å². The fraction of sp³-hybridized carbons (Fsp3) is 0.407. The van der Waals surface area contributed by atoms with E-state index < -0.39 is 0 Å². The van der Waals surface area contributed by atoms with E-state index in [1.807, 2.05) is 70.5 Å². The second-order valence-electron chi connectivity index (χ2n) is 8.97. The zero-order valence-electron chi connectivity index (χ0n) is 18.9. The summed E-state index contributed by atoms with van der Waals surface area (Å²) in [5.74, 6) is 1.19. The molecule has 4 rings (SSSR count). The van der Waals surface area contributed by atoms with Crippen molar-refractivity contribution in [2.24, 2.45) is 11.8 Å². The van der Waals surface area contributed by atoms with Gasteiger partial charge in [0.2, 0.25) is 0 Å². The first-order chi connectivity index (χ1) is 15.6. The van der Waals surface area contributed by atoms with Gasteiger partial charge in [-0.1, -0.05) is 56.2 Å². The van der Waals surface area contributed by atoms with Gasteiger partial charge in [0.15, 0.2) is 0 Å². The van der Waals surface area contributed by atoms with Crippen LogP contribution < -0.4 is 10.2 Å². The van der Waals surface area contributed by atoms with Crippen LogP contribution in [0.15, 0.2) is 67.3 Å². The van der Waals surface area contributed by atoms with Gasteiger partial charge in [0.25, 0.3) is 5.91 Å². The molecular formula is C27H33N3O2. The summed E-state index contributed by atoms with van der Waals surface area (Å²) in [4.78, 5) is 29.2. The molecule has 5 heteroatoms. The number of rotatable bonds is 8. The van der Waals surface area contributed by atoms with Gasteiger partial charge < -0.3 is 10.2 Å². The van der Waals surface area contributed by atoms with Crippen molar-refractivity contribution in [1.29, 1.82) is 0 Å². The number of para-hydroxylation sites is 1. The van der Waals surface area contributed by atoms with Crippen molar-refractivity contribution in [3.63, 3.8) is 0 Å². The summed E-state index contributed by atoms with van der Waals surface area (Å²) in [6, 6.07) is 17.4. The van der Waals surface area contributed by atoms with Crippen LogP contribution in [0.25, 0.3) is 0 Å². The fourth-order valence-corrected chi connectivity index (χ4v) is 4.97. The molecule has 168 valence electrons. The highest BCUT2D eigenvalue weighted by molar-refractivity contribution is 5.95. The van der Waals surface area contributed by atoms with E-state index in [9.17, 15) is 9.59 Å². The highest BCUT2D eigenvalue weighted by atomic mass is 16.2. The molecule has 2 aliphatic rings. The molecule has 0 bridgehead atoms. The van der Waals surface area contributed by atoms with E-state index in [-0.39, 0.29) is 18.0 Å². The number of amides is 3. The molecule has 5 nitrogen and oxygen atoms in total. The molecule has 0 radical (unpaired) electrons. The number of carbonyl (C=O) groups is 2. The lowest BCUT2D eigenvalue weighted by Crippen LogP contribution is -2.38. The van der Waals surface area contributed by atoms with Gasteiger partial charge in [-0.2, -0.15) is 0 Å². The van der Waals surface area contributed by atoms with Crippen LogP contribution in [-0.2, 0) is 6.54 Å². The van der Waals surface area contributed by atoms with E-state index in [1.54, 1.807) is 0 Å². The van der Waals surface area contributed by atoms with Gasteiger partial charge in [0, 0.05) is 36.9 Å². The normalized spacial score (nSPS) is 21.6. The summed E-state index contributed by atoms with van der Waals surface area (Å²) >= 11 is 0. The Hall–Kier alpha value is -3.08. The number of anilines is 1. The molecule has 3 unspecified atom stereocenters. The summed E-state index contributed by atoms with van der Waals surface area (Å²) in [6.07, 6.45) is 6.65. The minimum atomic E-state index is -0.0612. The van der Waals surface area contributed by atoms with Crippen molar-refractivity contribution in [3.8, 4) is 0 Å². The molecule has 3 atom stereocenters. The number of hydrogen-bond acceptors (Lipinski definition) is 2. The van der Waals surface area contributed by atoms with Crippen LogP contribution in [0.4, 0.5) is 10.5 Å². The average molecular weight is 432 g/mol. The van der Waals surface area contributed by atoms with Crippen LogP contribution in [0.1, 0.15) is 48.5 Å². The third-order valence-electron chi connectivity index (χ3n) is 6.97. The Bertz CT molecular complexity index is 941. The van der Waals surface area contributed by atoms with Gasteiger partial charge >= 0.3 is 6.03 Å². The van der Waals surface area contributed by atoms with E-state index in [0.717, 1.165) is 30.0 Å². The van der Waals surface area contributed by atoms with Gasteiger partial charge in [-0.15, -0.1) is 6.58 Å². The highest BCUT2D eigenvalue weighted by Gasteiger charge is 2.30. The number of hydrogen-bond donors (Lipinski definition) is 1. The van der Waals surface area contributed by atoms with Gasteiger partial charge in [-0.05, 0) is 54.5 Å². The Balaban J connectivity index is 1.33. The molecule has 2 aromatic rings. The third kappa shape index (κ3) is 4.87. The summed E-state index contributed by atoms with van der Waals surface area (Å²) in [5, 5.41) is 3.16. The maximum atomic E-state index is 12.8. The Morgan fingerprint density at radius 1 is 1.12 bits per heavy atom. The topological polar surface area (TPSA) is 52.7 Å². The maximum absolute atomic E-state index is 12.8. The summed E-state index contributed by atoms with van der Waals surface area (Å²) in [5.41, 5.74) is 2.59. The molecule has 1 heterocycles. The molecular weight excluding hydrogens is 398 g/mol. The summed E-state index contributed by atoms with van der Waals surface area (Å²) < 4.78 is 0. The molecule has 1 saturated heterocycles. The fourth-order valence-electron chi connectivity index (χ4n) is 4.97. The minimum Gasteiger partial charge on any atom is -0.346 e. The second kappa shape index (κ2) is 10.0. The summed E-state index contributed by atoms with van der Waals surface area (Å²) in [7, 11) is 0. The smallest absolute Gasteiger partial charge is 0.324 e. The van der Waals surface area contributed by atoms with Crippen molar-refractivity contribution < 1.29 is 9.59 Å². The molecule has 32 heavy (non-hydrogen) atoms. The van der Waals surface area contributed by atoms with Crippen LogP contribution in [0.3, 0.4) is 0 Å². The molecule has 0 spiro atoms. The number of benzene rings is 2. The van der Waals surface area contributed by atoms with Gasteiger partial charge in [-0.3, -0.25) is 9.69 Å². The second-order valence-corrected chi connectivity index (χ2v) is 8.97. The number of urea groups is 1. The molecule has 1 saturated carbocycles. The lowest BCUT2D eigenvalue weighted by atomic mass is 9.95. The van der Waals surface area contributed by atoms with Crippen LogP contribution >= 0.6 is 0 Å². The van der Waals surface area contributed by atoms with E-state index in [0.29, 0.717) is 31.1 Å². The quantitative estimate of drug-likeness (QED) is 0.581. The van der Waals surface area contributed by atoms with Crippen molar-refractivity contribution >= 4 is 17.6 Å². The molecule has 1 aliphatic carbocycles. The number of nitrogens with zero attached hydrogens (tertiary/aromatic N) is 2. The van der Waals surface area contributed by atoms with Gasteiger partial charge in [0.05, 0.1) is 0 Å². The first-order valence-electron chi connectivity index (χ1n) is 11.7. The maximum Gasteiger partial charge on any atom is 0.324 e. The molecule has 2 fully saturated rings. The van der Waals surface area contributed by atoms with E-state index in [1.165, 1.54) is 12.8 Å². The Morgan fingerprint density at radius 3 is 2.53 bits per heavy atom. The van der Waals surface area contributed by atoms with Gasteiger partial charge in [-0.25, -0.2) is 4.79 Å². The van der Waals surface area contributed by atoms with Crippen molar-refractivity contribution in [2.75, 3.05) is 18.0 Å². The third-order valence-corrected chi connectivity index (χ3v) is 6.97. The lowest BCUT2D eigenvalue weighted by molar-refractivity contribution is 0.0933. The molecule has 3 amide bonds. The molecule has 0 aromatic heterocycles. The van der Waals surface area contributed by atoms with Crippen LogP contribution in [0.5, 0.6) is 0 Å². The van der Waals surface area contributed by atoms with E-state index in [4.69, 9.17) is 0 Å². The predicted molar refractivity (Wildman–Crippen MR) is 129 cm³/mol. The molecule has 2 aromatic carbocycles. The van der Waals surface area contributed by atoms with Gasteiger partial charge in [0.1, 0.15) is 0 Å². The van der Waals surface area contributed by atoms with Crippen molar-refractivity contribution in [2.45, 2.75) is 45.2 Å². The molecule has 1 aliphatic heterocycles. The van der Waals surface area contributed by atoms with Crippen molar-refractivity contribution in [1.82, 2.24) is 10.2 Å². The van der Waals surface area contributed by atoms with Crippen LogP contribution in [-0.4, -0.2) is 36.0 Å². The van der Waals surface area contributed by atoms with Crippen molar-refractivity contribution in [3.05, 3.63) is 78.4 Å². The lowest BCUT2D eigenvalue weighted by Gasteiger charge is -2.22. The zero-order valence-corrected chi connectivity index (χ0v) is 18.9. The largest absolute Gasteiger partial charge is 0.346 e. The minimum absolute atomic E-state index is 0.0184. The predicted octanol–water partition coefficient (Wildman–Crippen LogP) is 5.24. The summed E-state index contributed by atoms with van der Waals surface area (Å²) in [6.45, 7) is 8.11. The average Bonchev–Trinajstić information content (AvgIpc) is 3.45. The first-order valence-corrected chi connectivity index (χ1v) is 11.7. The monoisotopic (exact) mass is 431 g/mol. The van der Waals surface area contributed by atoms with E-state index in [2.05, 4.69) is 18.8 Å². The standard InChI is InChI=1S/C27H33N3O2/c1-3-20-10-15-23(18-20)25(4-2)28-26(31)22-13-11-21(12-14-22)19-29-16-17-30(27(29)32)24-8-6-5-7-9-24/h4-9,11-14,20,23,25H,2-3,10,15-19H2,1H3,(H,28,31). The number of nitrogens with one attached hydrogen (secondary N) is 1. The Kier molecular flexibility index (Phi) is 6.93. The van der Waals surface area contributed by atoms with Crippen LogP contribution in [0, 0.1) is 11.8 Å². The zero-order chi connectivity index (χ0) is 22.5. The Morgan fingerprint density at radius 2 is 1.88 bits per heavy atom. The molecule has 1 N–H and O–H groups in total. The van der Waals surface area contributed by atoms with E-state index >= 15 is 0 Å². The number of carbonyl (C=O) groups excluding carboxylic acids is 2. The highest BCUT2D eigenvalue weighted by Crippen LogP contribution is 2.35.